The lowest BCUT2D eigenvalue weighted by Gasteiger charge is -2.38. The van der Waals surface area contributed by atoms with Gasteiger partial charge >= 0.3 is 6.03 Å². The summed E-state index contributed by atoms with van der Waals surface area (Å²) in [5, 5.41) is 5.39. The van der Waals surface area contributed by atoms with Crippen LogP contribution >= 0.6 is 0 Å². The largest absolute Gasteiger partial charge is 0.496 e. The maximum absolute atomic E-state index is 13.6. The summed E-state index contributed by atoms with van der Waals surface area (Å²) in [5.41, 5.74) is 9.10. The molecule has 3 aliphatic rings. The molecule has 3 amide bonds. The van der Waals surface area contributed by atoms with Gasteiger partial charge in [-0.25, -0.2) is 9.78 Å². The first-order valence-electron chi connectivity index (χ1n) is 12.3. The van der Waals surface area contributed by atoms with Gasteiger partial charge in [0.05, 0.1) is 30.8 Å². The second-order valence-electron chi connectivity index (χ2n) is 10.3. The van der Waals surface area contributed by atoms with E-state index in [-0.39, 0.29) is 23.7 Å². The van der Waals surface area contributed by atoms with E-state index in [4.69, 9.17) is 15.2 Å². The fraction of sp³-hybridized carbons (Fsp3) is 0.357. The van der Waals surface area contributed by atoms with Crippen molar-refractivity contribution in [1.29, 1.82) is 0 Å². The van der Waals surface area contributed by atoms with Crippen molar-refractivity contribution >= 4 is 23.5 Å². The van der Waals surface area contributed by atoms with E-state index in [9.17, 15) is 14.4 Å². The molecule has 4 N–H and O–H groups in total. The van der Waals surface area contributed by atoms with Crippen molar-refractivity contribution in [2.24, 2.45) is 11.1 Å². The highest BCUT2D eigenvalue weighted by atomic mass is 16.5. The molecule has 0 unspecified atom stereocenters. The Hall–Kier alpha value is -4.14. The van der Waals surface area contributed by atoms with Gasteiger partial charge in [0.1, 0.15) is 23.1 Å². The minimum absolute atomic E-state index is 0.0252. The average Bonchev–Trinajstić information content (AvgIpc) is 3.20. The molecule has 5 rings (SSSR count). The first-order valence-corrected chi connectivity index (χ1v) is 12.3. The van der Waals surface area contributed by atoms with Crippen LogP contribution in [0.25, 0.3) is 11.3 Å². The monoisotopic (exact) mass is 502 g/mol. The highest BCUT2D eigenvalue weighted by molar-refractivity contribution is 6.06. The van der Waals surface area contributed by atoms with Crippen LogP contribution in [-0.4, -0.2) is 36.4 Å². The van der Waals surface area contributed by atoms with Crippen LogP contribution in [0.5, 0.6) is 5.75 Å². The van der Waals surface area contributed by atoms with Crippen LogP contribution in [0.15, 0.2) is 53.0 Å². The highest BCUT2D eigenvalue weighted by Gasteiger charge is 2.48. The number of nitrogens with two attached hydrogens (primary N) is 1. The summed E-state index contributed by atoms with van der Waals surface area (Å²) in [6.07, 6.45) is 1.55. The number of primary amides is 1. The maximum atomic E-state index is 13.6. The number of ether oxygens (including phenoxy) is 2. The van der Waals surface area contributed by atoms with Crippen molar-refractivity contribution in [3.63, 3.8) is 0 Å². The van der Waals surface area contributed by atoms with Crippen molar-refractivity contribution in [3.05, 3.63) is 64.1 Å². The number of allylic oxidation sites excluding steroid dienone is 2. The molecule has 1 atom stereocenters. The summed E-state index contributed by atoms with van der Waals surface area (Å²) < 4.78 is 12.0. The number of carbonyl (C=O) groups is 3. The molecule has 2 aromatic rings. The summed E-state index contributed by atoms with van der Waals surface area (Å²) in [7, 11) is 1.58. The Bertz CT molecular complexity index is 1410. The Morgan fingerprint density at radius 3 is 2.68 bits per heavy atom. The summed E-state index contributed by atoms with van der Waals surface area (Å²) in [6.45, 7) is 6.39. The molecule has 9 nitrogen and oxygen atoms in total. The fourth-order valence-corrected chi connectivity index (χ4v) is 5.67. The number of methoxy groups -OCH3 is 1. The Morgan fingerprint density at radius 2 is 1.97 bits per heavy atom. The molecule has 1 aliphatic carbocycles. The van der Waals surface area contributed by atoms with Gasteiger partial charge in [0, 0.05) is 29.5 Å². The van der Waals surface area contributed by atoms with E-state index < -0.39 is 11.9 Å². The molecule has 1 aromatic heterocycles. The molecule has 0 bridgehead atoms. The SMILES string of the molecule is CCc1c(-c2cccc(NC(N)=O)n2)ccc(OC)c1[C@H]1C2=C(CC(C)(C)CC2=O)OC2=C1C(=O)NC2. The topological polar surface area (TPSA) is 133 Å². The van der Waals surface area contributed by atoms with Crippen LogP contribution in [0, 0.1) is 5.41 Å². The Labute approximate surface area is 215 Å². The zero-order valence-electron chi connectivity index (χ0n) is 21.4. The number of ketones is 1. The first kappa shape index (κ1) is 24.5. The van der Waals surface area contributed by atoms with Gasteiger partial charge < -0.3 is 20.5 Å². The highest BCUT2D eigenvalue weighted by Crippen LogP contribution is 2.52. The molecule has 0 fully saturated rings. The summed E-state index contributed by atoms with van der Waals surface area (Å²) in [6, 6.07) is 8.31. The van der Waals surface area contributed by atoms with Gasteiger partial charge in [0.2, 0.25) is 0 Å². The maximum Gasteiger partial charge on any atom is 0.317 e. The van der Waals surface area contributed by atoms with Crippen LogP contribution in [0.3, 0.4) is 0 Å². The van der Waals surface area contributed by atoms with Gasteiger partial charge in [-0.2, -0.15) is 0 Å². The zero-order chi connectivity index (χ0) is 26.5. The van der Waals surface area contributed by atoms with Crippen molar-refractivity contribution in [1.82, 2.24) is 10.3 Å². The summed E-state index contributed by atoms with van der Waals surface area (Å²) >= 11 is 0. The van der Waals surface area contributed by atoms with Crippen molar-refractivity contribution in [2.75, 3.05) is 19.0 Å². The lowest BCUT2D eigenvalue weighted by atomic mass is 9.68. The molecule has 3 heterocycles. The molecule has 0 saturated heterocycles. The number of hydrogen-bond acceptors (Lipinski definition) is 6. The van der Waals surface area contributed by atoms with Gasteiger partial charge in [-0.15, -0.1) is 0 Å². The van der Waals surface area contributed by atoms with Crippen LogP contribution in [-0.2, 0) is 20.7 Å². The smallest absolute Gasteiger partial charge is 0.317 e. The number of rotatable bonds is 5. The summed E-state index contributed by atoms with van der Waals surface area (Å²) in [5.74, 6) is 1.19. The number of nitrogens with zero attached hydrogens (tertiary/aromatic N) is 1. The Balaban J connectivity index is 1.76. The Kier molecular flexibility index (Phi) is 6.01. The van der Waals surface area contributed by atoms with E-state index in [0.29, 0.717) is 59.2 Å². The predicted octanol–water partition coefficient (Wildman–Crippen LogP) is 3.95. The molecule has 0 radical (unpaired) electrons. The molecule has 37 heavy (non-hydrogen) atoms. The number of urea groups is 1. The van der Waals surface area contributed by atoms with Crippen LogP contribution in [0.1, 0.15) is 50.7 Å². The van der Waals surface area contributed by atoms with Gasteiger partial charge in [0.25, 0.3) is 5.91 Å². The van der Waals surface area contributed by atoms with Crippen molar-refractivity contribution < 1.29 is 23.9 Å². The average molecular weight is 503 g/mol. The minimum atomic E-state index is -0.706. The van der Waals surface area contributed by atoms with Crippen molar-refractivity contribution in [3.8, 4) is 17.0 Å². The second-order valence-corrected chi connectivity index (χ2v) is 10.3. The number of aromatic nitrogens is 1. The van der Waals surface area contributed by atoms with Crippen LogP contribution in [0.4, 0.5) is 10.6 Å². The number of benzene rings is 1. The van der Waals surface area contributed by atoms with Crippen LogP contribution < -0.4 is 21.1 Å². The molecule has 2 aliphatic heterocycles. The van der Waals surface area contributed by atoms with E-state index in [2.05, 4.69) is 15.6 Å². The number of nitrogens with one attached hydrogen (secondary N) is 2. The van der Waals surface area contributed by atoms with Gasteiger partial charge in [-0.05, 0) is 41.7 Å². The minimum Gasteiger partial charge on any atom is -0.496 e. The van der Waals surface area contributed by atoms with Gasteiger partial charge in [0.15, 0.2) is 5.78 Å². The summed E-state index contributed by atoms with van der Waals surface area (Å²) in [4.78, 5) is 42.7. The third kappa shape index (κ3) is 4.24. The van der Waals surface area contributed by atoms with Gasteiger partial charge in [-0.1, -0.05) is 26.8 Å². The molecule has 0 spiro atoms. The normalized spacial score (nSPS) is 20.2. The standard InChI is InChI=1S/C28H30N4O5/c1-5-14-15(16-7-6-8-21(31-16)32-27(29)35)9-10-18(36-4)22(14)25-23-17(33)11-28(2,3)12-19(23)37-20-13-30-26(34)24(20)25/h6-10,25H,5,11-13H2,1-4H3,(H,30,34)(H3,29,31,32,35)/t25-/m0/s1. The number of amides is 3. The lowest BCUT2D eigenvalue weighted by Crippen LogP contribution is -2.33. The molecular weight excluding hydrogens is 472 g/mol. The van der Waals surface area contributed by atoms with Crippen LogP contribution in [0.2, 0.25) is 0 Å². The molecule has 9 heteroatoms. The van der Waals surface area contributed by atoms with E-state index in [1.807, 2.05) is 39.0 Å². The molecule has 0 saturated carbocycles. The number of pyridine rings is 1. The van der Waals surface area contributed by atoms with Gasteiger partial charge in [-0.3, -0.25) is 14.9 Å². The zero-order valence-corrected chi connectivity index (χ0v) is 21.4. The molecule has 1 aromatic carbocycles. The number of Topliss-reactive ketones (excluding diaryl/α,β-unsaturated/α-hetero) is 1. The lowest BCUT2D eigenvalue weighted by molar-refractivity contribution is -0.119. The second kappa shape index (κ2) is 9.06. The third-order valence-corrected chi connectivity index (χ3v) is 7.11. The predicted molar refractivity (Wildman–Crippen MR) is 138 cm³/mol. The van der Waals surface area contributed by atoms with E-state index >= 15 is 0 Å². The number of carbonyl (C=O) groups excluding carboxylic acids is 3. The third-order valence-electron chi connectivity index (χ3n) is 7.11. The molecule has 192 valence electrons. The quantitative estimate of drug-likeness (QED) is 0.567. The van der Waals surface area contributed by atoms with E-state index in [1.54, 1.807) is 19.2 Å². The number of hydrogen-bond donors (Lipinski definition) is 3. The first-order chi connectivity index (χ1) is 17.6. The fourth-order valence-electron chi connectivity index (χ4n) is 5.67. The van der Waals surface area contributed by atoms with E-state index in [0.717, 1.165) is 16.7 Å². The Morgan fingerprint density at radius 1 is 1.19 bits per heavy atom. The van der Waals surface area contributed by atoms with Crippen molar-refractivity contribution in [2.45, 2.75) is 46.0 Å². The number of anilines is 1. The van der Waals surface area contributed by atoms with E-state index in [1.165, 1.54) is 0 Å². The molecular formula is C28H30N4O5.